The Hall–Kier alpha value is -3.18. The minimum Gasteiger partial charge on any atom is -0.468 e. The Morgan fingerprint density at radius 2 is 1.64 bits per heavy atom. The largest absolute Gasteiger partial charge is 0.468 e. The fourth-order valence-electron chi connectivity index (χ4n) is 2.67. The van der Waals surface area contributed by atoms with Gasteiger partial charge in [-0.25, -0.2) is 0 Å². The van der Waals surface area contributed by atoms with E-state index in [9.17, 15) is 0 Å². The van der Waals surface area contributed by atoms with Gasteiger partial charge < -0.3 is 8.94 Å². The molecule has 0 spiro atoms. The fourth-order valence-corrected chi connectivity index (χ4v) is 2.67. The van der Waals surface area contributed by atoms with Crippen LogP contribution in [0.3, 0.4) is 0 Å². The molecule has 0 bridgehead atoms. The van der Waals surface area contributed by atoms with Gasteiger partial charge in [-0.15, -0.1) is 0 Å². The van der Waals surface area contributed by atoms with Crippen molar-refractivity contribution < 1.29 is 8.94 Å². The van der Waals surface area contributed by atoms with Crippen LogP contribution in [0.2, 0.25) is 0 Å². The second-order valence-corrected chi connectivity index (χ2v) is 5.63. The van der Waals surface area contributed by atoms with Crippen molar-refractivity contribution in [2.75, 3.05) is 0 Å². The molecular weight excluding hydrogens is 314 g/mol. The Balaban J connectivity index is 1.62. The van der Waals surface area contributed by atoms with E-state index in [0.717, 1.165) is 16.9 Å². The number of nitrogens with zero attached hydrogens (tertiary/aromatic N) is 2. The summed E-state index contributed by atoms with van der Waals surface area (Å²) in [6, 6.07) is 23.4. The Morgan fingerprint density at radius 1 is 0.880 bits per heavy atom. The lowest BCUT2D eigenvalue weighted by molar-refractivity contribution is 0.342. The summed E-state index contributed by atoms with van der Waals surface area (Å²) in [6.45, 7) is 0.565. The van der Waals surface area contributed by atoms with Crippen molar-refractivity contribution in [3.05, 3.63) is 96.3 Å². The highest BCUT2D eigenvalue weighted by atomic mass is 16.5. The van der Waals surface area contributed by atoms with Gasteiger partial charge in [0.25, 0.3) is 0 Å². The van der Waals surface area contributed by atoms with Crippen molar-refractivity contribution in [3.63, 3.8) is 0 Å². The first kappa shape index (κ1) is 15.4. The van der Waals surface area contributed by atoms with Crippen LogP contribution in [-0.4, -0.2) is 10.1 Å². The number of rotatable bonds is 6. The van der Waals surface area contributed by atoms with Gasteiger partial charge >= 0.3 is 0 Å². The zero-order chi connectivity index (χ0) is 16.9. The van der Waals surface area contributed by atoms with Gasteiger partial charge in [0.2, 0.25) is 11.7 Å². The molecule has 124 valence electrons. The second kappa shape index (κ2) is 7.15. The molecule has 2 aromatic heterocycles. The zero-order valence-corrected chi connectivity index (χ0v) is 13.5. The smallest absolute Gasteiger partial charge is 0.248 e. The molecule has 0 saturated heterocycles. The lowest BCUT2D eigenvalue weighted by atomic mass is 10.1. The number of nitrogens with one attached hydrogen (secondary N) is 1. The van der Waals surface area contributed by atoms with Gasteiger partial charge in [-0.05, 0) is 17.7 Å². The molecule has 0 amide bonds. The average Bonchev–Trinajstić information content (AvgIpc) is 3.36. The molecule has 4 rings (SSSR count). The molecule has 0 fully saturated rings. The standard InChI is InChI=1S/C20H17N3O2/c1-3-8-15(9-4-1)18(21-14-17-12-7-13-24-17)20-22-19(23-25-20)16-10-5-2-6-11-16/h1-13,18,21H,14H2. The monoisotopic (exact) mass is 331 g/mol. The molecule has 1 atom stereocenters. The summed E-state index contributed by atoms with van der Waals surface area (Å²) in [5, 5.41) is 7.56. The fraction of sp³-hybridized carbons (Fsp3) is 0.100. The Bertz CT molecular complexity index is 903. The first-order valence-electron chi connectivity index (χ1n) is 8.10. The number of hydrogen-bond acceptors (Lipinski definition) is 5. The predicted octanol–water partition coefficient (Wildman–Crippen LogP) is 4.21. The summed E-state index contributed by atoms with van der Waals surface area (Å²) in [6.07, 6.45) is 1.66. The SMILES string of the molecule is c1ccc(-c2noc(C(NCc3ccco3)c3ccccc3)n2)cc1. The van der Waals surface area contributed by atoms with Crippen molar-refractivity contribution in [2.24, 2.45) is 0 Å². The lowest BCUT2D eigenvalue weighted by Crippen LogP contribution is -2.22. The summed E-state index contributed by atoms with van der Waals surface area (Å²) in [4.78, 5) is 4.59. The average molecular weight is 331 g/mol. The van der Waals surface area contributed by atoms with E-state index in [1.54, 1.807) is 6.26 Å². The van der Waals surface area contributed by atoms with Crippen molar-refractivity contribution in [1.29, 1.82) is 0 Å². The van der Waals surface area contributed by atoms with Crippen molar-refractivity contribution in [2.45, 2.75) is 12.6 Å². The molecule has 0 aliphatic carbocycles. The molecule has 0 saturated carbocycles. The van der Waals surface area contributed by atoms with Crippen LogP contribution in [0, 0.1) is 0 Å². The highest BCUT2D eigenvalue weighted by Crippen LogP contribution is 2.24. The molecule has 2 heterocycles. The van der Waals surface area contributed by atoms with Crippen LogP contribution in [0.4, 0.5) is 0 Å². The van der Waals surface area contributed by atoms with E-state index < -0.39 is 0 Å². The topological polar surface area (TPSA) is 64.1 Å². The van der Waals surface area contributed by atoms with Crippen LogP contribution in [0.25, 0.3) is 11.4 Å². The van der Waals surface area contributed by atoms with Crippen LogP contribution in [0.5, 0.6) is 0 Å². The maximum atomic E-state index is 5.55. The van der Waals surface area contributed by atoms with Crippen molar-refractivity contribution >= 4 is 0 Å². The van der Waals surface area contributed by atoms with Crippen molar-refractivity contribution in [1.82, 2.24) is 15.5 Å². The molecule has 25 heavy (non-hydrogen) atoms. The van der Waals surface area contributed by atoms with Gasteiger partial charge in [0.15, 0.2) is 0 Å². The molecule has 0 radical (unpaired) electrons. The molecule has 5 heteroatoms. The number of hydrogen-bond donors (Lipinski definition) is 1. The Morgan fingerprint density at radius 3 is 2.36 bits per heavy atom. The van der Waals surface area contributed by atoms with Crippen LogP contribution < -0.4 is 5.32 Å². The van der Waals surface area contributed by atoms with Crippen LogP contribution >= 0.6 is 0 Å². The molecule has 2 aromatic carbocycles. The van der Waals surface area contributed by atoms with Gasteiger partial charge in [-0.2, -0.15) is 4.98 Å². The van der Waals surface area contributed by atoms with Crippen LogP contribution in [-0.2, 0) is 6.54 Å². The van der Waals surface area contributed by atoms with E-state index in [1.165, 1.54) is 0 Å². The van der Waals surface area contributed by atoms with E-state index in [4.69, 9.17) is 8.94 Å². The Labute approximate surface area is 145 Å². The van der Waals surface area contributed by atoms with Gasteiger partial charge in [-0.3, -0.25) is 5.32 Å². The summed E-state index contributed by atoms with van der Waals surface area (Å²) >= 11 is 0. The van der Waals surface area contributed by atoms with Crippen LogP contribution in [0.1, 0.15) is 23.3 Å². The minimum atomic E-state index is -0.212. The first-order valence-corrected chi connectivity index (χ1v) is 8.10. The first-order chi connectivity index (χ1) is 12.4. The molecule has 4 aromatic rings. The minimum absolute atomic E-state index is 0.212. The van der Waals surface area contributed by atoms with E-state index in [2.05, 4.69) is 15.5 Å². The number of furan rings is 1. The van der Waals surface area contributed by atoms with E-state index in [0.29, 0.717) is 18.3 Å². The predicted molar refractivity (Wildman–Crippen MR) is 93.6 cm³/mol. The molecule has 5 nitrogen and oxygen atoms in total. The number of benzene rings is 2. The van der Waals surface area contributed by atoms with E-state index in [-0.39, 0.29) is 6.04 Å². The second-order valence-electron chi connectivity index (χ2n) is 5.63. The van der Waals surface area contributed by atoms with Gasteiger partial charge in [0.1, 0.15) is 11.8 Å². The van der Waals surface area contributed by atoms with Gasteiger partial charge in [0.05, 0.1) is 12.8 Å². The van der Waals surface area contributed by atoms with Crippen LogP contribution in [0.15, 0.2) is 88.0 Å². The summed E-state index contributed by atoms with van der Waals surface area (Å²) < 4.78 is 11.0. The quantitative estimate of drug-likeness (QED) is 0.573. The van der Waals surface area contributed by atoms with Crippen molar-refractivity contribution in [3.8, 4) is 11.4 Å². The highest BCUT2D eigenvalue weighted by Gasteiger charge is 2.21. The van der Waals surface area contributed by atoms with E-state index >= 15 is 0 Å². The maximum absolute atomic E-state index is 5.55. The third-order valence-corrected chi connectivity index (χ3v) is 3.91. The van der Waals surface area contributed by atoms with Gasteiger partial charge in [0, 0.05) is 5.56 Å². The summed E-state index contributed by atoms with van der Waals surface area (Å²) in [7, 11) is 0. The molecule has 1 unspecified atom stereocenters. The third-order valence-electron chi connectivity index (χ3n) is 3.91. The molecule has 1 N–H and O–H groups in total. The highest BCUT2D eigenvalue weighted by molar-refractivity contribution is 5.53. The van der Waals surface area contributed by atoms with Gasteiger partial charge in [-0.1, -0.05) is 65.8 Å². The molecule has 0 aliphatic heterocycles. The molecular formula is C20H17N3O2. The normalized spacial score (nSPS) is 12.2. The number of aromatic nitrogens is 2. The third kappa shape index (κ3) is 3.51. The van der Waals surface area contributed by atoms with E-state index in [1.807, 2.05) is 72.8 Å². The molecule has 0 aliphatic rings. The summed E-state index contributed by atoms with van der Waals surface area (Å²) in [5.41, 5.74) is 1.98. The Kier molecular flexibility index (Phi) is 4.39. The zero-order valence-electron chi connectivity index (χ0n) is 13.5. The maximum Gasteiger partial charge on any atom is 0.248 e. The summed E-state index contributed by atoms with van der Waals surface area (Å²) in [5.74, 6) is 1.96. The lowest BCUT2D eigenvalue weighted by Gasteiger charge is -2.14.